The number of imide groups is 1. The molecule has 8 heteroatoms. The Balaban J connectivity index is 2.10. The molecule has 0 saturated carbocycles. The van der Waals surface area contributed by atoms with Crippen molar-refractivity contribution in [1.82, 2.24) is 15.3 Å². The van der Waals surface area contributed by atoms with E-state index in [0.717, 1.165) is 10.2 Å². The zero-order valence-electron chi connectivity index (χ0n) is 10.1. The van der Waals surface area contributed by atoms with Crippen molar-refractivity contribution in [3.63, 3.8) is 0 Å². The Morgan fingerprint density at radius 1 is 1.32 bits per heavy atom. The van der Waals surface area contributed by atoms with Gasteiger partial charge in [-0.05, 0) is 11.4 Å². The first-order valence-corrected chi connectivity index (χ1v) is 6.56. The largest absolute Gasteiger partial charge is 0.357 e. The van der Waals surface area contributed by atoms with Crippen LogP contribution < -0.4 is 15.5 Å². The Kier molecular flexibility index (Phi) is 2.79. The third-order valence-electron chi connectivity index (χ3n) is 2.78. The molecule has 3 rings (SSSR count). The van der Waals surface area contributed by atoms with E-state index in [1.54, 1.807) is 11.9 Å². The maximum atomic E-state index is 11.5. The summed E-state index contributed by atoms with van der Waals surface area (Å²) in [5.74, 6) is 0.454. The predicted octanol–water partition coefficient (Wildman–Crippen LogP) is 0.196. The molecule has 0 aliphatic carbocycles. The molecular formula is C11H11N5O2S. The number of carbonyl (C=O) groups is 2. The smallest absolute Gasteiger partial charge is 0.246 e. The van der Waals surface area contributed by atoms with Gasteiger partial charge in [0, 0.05) is 7.05 Å². The molecule has 0 unspecified atom stereocenters. The van der Waals surface area contributed by atoms with Crippen LogP contribution in [0.2, 0.25) is 0 Å². The van der Waals surface area contributed by atoms with Crippen molar-refractivity contribution in [1.29, 1.82) is 0 Å². The van der Waals surface area contributed by atoms with Crippen LogP contribution in [0.15, 0.2) is 11.4 Å². The van der Waals surface area contributed by atoms with Gasteiger partial charge in [-0.2, -0.15) is 4.98 Å². The van der Waals surface area contributed by atoms with Crippen LogP contribution in [0.4, 0.5) is 11.8 Å². The number of thiophene rings is 1. The summed E-state index contributed by atoms with van der Waals surface area (Å²) in [6.45, 7) is 0.244. The second-order valence-electron chi connectivity index (χ2n) is 4.09. The molecule has 0 spiro atoms. The average molecular weight is 277 g/mol. The van der Waals surface area contributed by atoms with Crippen LogP contribution in [-0.4, -0.2) is 41.9 Å². The van der Waals surface area contributed by atoms with Gasteiger partial charge in [0.15, 0.2) is 0 Å². The lowest BCUT2D eigenvalue weighted by molar-refractivity contribution is -0.130. The van der Waals surface area contributed by atoms with Gasteiger partial charge in [0.05, 0.1) is 18.5 Å². The minimum Gasteiger partial charge on any atom is -0.357 e. The monoisotopic (exact) mass is 277 g/mol. The van der Waals surface area contributed by atoms with Gasteiger partial charge in [0.25, 0.3) is 0 Å². The fourth-order valence-corrected chi connectivity index (χ4v) is 2.74. The summed E-state index contributed by atoms with van der Waals surface area (Å²) in [4.78, 5) is 34.1. The molecule has 2 N–H and O–H groups in total. The van der Waals surface area contributed by atoms with Gasteiger partial charge in [0.2, 0.25) is 17.8 Å². The number of nitrogens with one attached hydrogen (secondary N) is 2. The maximum absolute atomic E-state index is 11.5. The number of hydrogen-bond acceptors (Lipinski definition) is 7. The third-order valence-corrected chi connectivity index (χ3v) is 3.58. The zero-order valence-corrected chi connectivity index (χ0v) is 11.0. The van der Waals surface area contributed by atoms with E-state index >= 15 is 0 Å². The Bertz CT molecular complexity index is 652. The lowest BCUT2D eigenvalue weighted by atomic mass is 10.3. The van der Waals surface area contributed by atoms with Crippen LogP contribution >= 0.6 is 11.3 Å². The molecule has 7 nitrogen and oxygen atoms in total. The van der Waals surface area contributed by atoms with E-state index in [4.69, 9.17) is 0 Å². The fraction of sp³-hybridized carbons (Fsp3) is 0.273. The molecule has 2 aromatic rings. The molecule has 0 atom stereocenters. The molecule has 19 heavy (non-hydrogen) atoms. The molecule has 1 aliphatic rings. The summed E-state index contributed by atoms with van der Waals surface area (Å²) in [5.41, 5.74) is 0. The van der Waals surface area contributed by atoms with E-state index in [1.165, 1.54) is 11.3 Å². The molecule has 1 aliphatic heterocycles. The molecule has 1 fully saturated rings. The first-order chi connectivity index (χ1) is 9.17. The highest BCUT2D eigenvalue weighted by molar-refractivity contribution is 7.16. The van der Waals surface area contributed by atoms with Gasteiger partial charge < -0.3 is 10.2 Å². The van der Waals surface area contributed by atoms with Gasteiger partial charge in [-0.1, -0.05) is 0 Å². The number of piperazine rings is 1. The van der Waals surface area contributed by atoms with Crippen molar-refractivity contribution in [3.05, 3.63) is 11.4 Å². The van der Waals surface area contributed by atoms with Crippen molar-refractivity contribution >= 4 is 45.1 Å². The summed E-state index contributed by atoms with van der Waals surface area (Å²) in [5, 5.41) is 7.92. The van der Waals surface area contributed by atoms with Crippen molar-refractivity contribution in [3.8, 4) is 0 Å². The Hall–Kier alpha value is -2.22. The van der Waals surface area contributed by atoms with Crippen LogP contribution in [-0.2, 0) is 9.59 Å². The van der Waals surface area contributed by atoms with Gasteiger partial charge in [-0.25, -0.2) is 4.98 Å². The minimum absolute atomic E-state index is 0.122. The van der Waals surface area contributed by atoms with Gasteiger partial charge >= 0.3 is 0 Å². The molecule has 0 bridgehead atoms. The van der Waals surface area contributed by atoms with E-state index in [9.17, 15) is 9.59 Å². The summed E-state index contributed by atoms with van der Waals surface area (Å²) in [6.07, 6.45) is 0. The molecule has 2 amide bonds. The van der Waals surface area contributed by atoms with Crippen LogP contribution in [0.3, 0.4) is 0 Å². The number of fused-ring (bicyclic) bond motifs is 1. The highest BCUT2D eigenvalue weighted by atomic mass is 32.1. The van der Waals surface area contributed by atoms with Crippen LogP contribution in [0.5, 0.6) is 0 Å². The number of nitrogens with zero attached hydrogens (tertiary/aromatic N) is 3. The van der Waals surface area contributed by atoms with Gasteiger partial charge in [-0.15, -0.1) is 11.3 Å². The van der Waals surface area contributed by atoms with Crippen molar-refractivity contribution in [2.24, 2.45) is 0 Å². The first kappa shape index (κ1) is 11.8. The zero-order chi connectivity index (χ0) is 13.4. The van der Waals surface area contributed by atoms with E-state index in [0.29, 0.717) is 11.8 Å². The Morgan fingerprint density at radius 2 is 2.05 bits per heavy atom. The lowest BCUT2D eigenvalue weighted by Crippen LogP contribution is -2.51. The summed E-state index contributed by atoms with van der Waals surface area (Å²) >= 11 is 1.49. The predicted molar refractivity (Wildman–Crippen MR) is 72.3 cm³/mol. The number of rotatable bonds is 2. The Labute approximate surface area is 112 Å². The SMILES string of the molecule is CNc1nc(N2CC(=O)NC(=O)C2)c2ccsc2n1. The van der Waals surface area contributed by atoms with Gasteiger partial charge in [0.1, 0.15) is 10.6 Å². The van der Waals surface area contributed by atoms with Gasteiger partial charge in [-0.3, -0.25) is 14.9 Å². The minimum atomic E-state index is -0.316. The number of amides is 2. The summed E-state index contributed by atoms with van der Waals surface area (Å²) in [7, 11) is 1.73. The van der Waals surface area contributed by atoms with Crippen molar-refractivity contribution in [2.75, 3.05) is 30.4 Å². The molecular weight excluding hydrogens is 266 g/mol. The van der Waals surface area contributed by atoms with Crippen LogP contribution in [0, 0.1) is 0 Å². The summed E-state index contributed by atoms with van der Waals surface area (Å²) < 4.78 is 0. The maximum Gasteiger partial charge on any atom is 0.246 e. The molecule has 0 radical (unpaired) electrons. The van der Waals surface area contributed by atoms with Crippen LogP contribution in [0.25, 0.3) is 10.2 Å². The molecule has 0 aromatic carbocycles. The van der Waals surface area contributed by atoms with Crippen molar-refractivity contribution in [2.45, 2.75) is 0 Å². The number of hydrogen-bond donors (Lipinski definition) is 2. The Morgan fingerprint density at radius 3 is 2.74 bits per heavy atom. The van der Waals surface area contributed by atoms with E-state index in [-0.39, 0.29) is 24.9 Å². The molecule has 2 aromatic heterocycles. The standard InChI is InChI=1S/C11H11N5O2S/c1-12-11-14-9(6-2-3-19-10(6)15-11)16-4-7(17)13-8(18)5-16/h2-3H,4-5H2,1H3,(H,12,14,15)(H,13,17,18). The lowest BCUT2D eigenvalue weighted by Gasteiger charge is -2.27. The fourth-order valence-electron chi connectivity index (χ4n) is 1.98. The first-order valence-electron chi connectivity index (χ1n) is 5.68. The highest BCUT2D eigenvalue weighted by Crippen LogP contribution is 2.29. The van der Waals surface area contributed by atoms with Crippen molar-refractivity contribution < 1.29 is 9.59 Å². The quantitative estimate of drug-likeness (QED) is 0.762. The number of aromatic nitrogens is 2. The number of carbonyl (C=O) groups excluding carboxylic acids is 2. The third kappa shape index (κ3) is 2.10. The summed E-state index contributed by atoms with van der Waals surface area (Å²) in [6, 6.07) is 1.89. The molecule has 3 heterocycles. The second-order valence-corrected chi connectivity index (χ2v) is 4.98. The van der Waals surface area contributed by atoms with E-state index in [1.807, 2.05) is 11.4 Å². The van der Waals surface area contributed by atoms with E-state index < -0.39 is 0 Å². The average Bonchev–Trinajstić information content (AvgIpc) is 2.84. The van der Waals surface area contributed by atoms with E-state index in [2.05, 4.69) is 20.6 Å². The highest BCUT2D eigenvalue weighted by Gasteiger charge is 2.25. The molecule has 1 saturated heterocycles. The normalized spacial score (nSPS) is 15.7. The second kappa shape index (κ2) is 4.47. The molecule has 98 valence electrons. The van der Waals surface area contributed by atoms with Crippen LogP contribution in [0.1, 0.15) is 0 Å². The topological polar surface area (TPSA) is 87.2 Å². The number of anilines is 2.